The zero-order chi connectivity index (χ0) is 23.9. The number of aliphatic hydroxyl groups is 1. The van der Waals surface area contributed by atoms with E-state index in [1.54, 1.807) is 36.5 Å². The first-order valence-corrected chi connectivity index (χ1v) is 11.5. The number of ether oxygens (including phenoxy) is 1. The molecule has 1 radical (unpaired) electrons. The van der Waals surface area contributed by atoms with Gasteiger partial charge in [0.1, 0.15) is 0 Å². The Morgan fingerprint density at radius 3 is 2.79 bits per heavy atom. The molecule has 2 fully saturated rings. The van der Waals surface area contributed by atoms with Gasteiger partial charge in [0.15, 0.2) is 0 Å². The Morgan fingerprint density at radius 1 is 1.26 bits per heavy atom. The number of likely N-dealkylation sites (tertiary alicyclic amines) is 1. The maximum absolute atomic E-state index is 13.6. The number of hydrogen-bond donors (Lipinski definition) is 3. The minimum atomic E-state index is -0.588. The molecule has 173 valence electrons. The van der Waals surface area contributed by atoms with Crippen molar-refractivity contribution in [3.05, 3.63) is 71.5 Å². The Balaban J connectivity index is 1.41. The molecule has 2 unspecified atom stereocenters. The number of benzene rings is 2. The van der Waals surface area contributed by atoms with Gasteiger partial charge in [-0.2, -0.15) is 5.10 Å². The summed E-state index contributed by atoms with van der Waals surface area (Å²) < 4.78 is 5.56. The molecule has 0 bridgehead atoms. The van der Waals surface area contributed by atoms with E-state index in [1.807, 2.05) is 30.3 Å². The summed E-state index contributed by atoms with van der Waals surface area (Å²) in [6.45, 7) is 2.43. The molecule has 2 aliphatic rings. The molecule has 2 heterocycles. The molecule has 1 saturated heterocycles. The fraction of sp³-hybridized carbons (Fsp3) is 0.346. The van der Waals surface area contributed by atoms with Crippen molar-refractivity contribution >= 4 is 19.0 Å². The van der Waals surface area contributed by atoms with Crippen molar-refractivity contribution in [2.24, 2.45) is 0 Å². The zero-order valence-corrected chi connectivity index (χ0v) is 19.4. The number of β-amino-alcohol motifs (C(OH)–C–C–N with tert-alkyl or cyclic N) is 1. The van der Waals surface area contributed by atoms with Crippen molar-refractivity contribution in [3.8, 4) is 16.9 Å². The van der Waals surface area contributed by atoms with Crippen LogP contribution in [0, 0.1) is 0 Å². The van der Waals surface area contributed by atoms with Crippen molar-refractivity contribution in [3.63, 3.8) is 0 Å². The van der Waals surface area contributed by atoms with Gasteiger partial charge in [0, 0.05) is 6.20 Å². The first-order valence-electron chi connectivity index (χ1n) is 11.5. The Morgan fingerprint density at radius 2 is 2.09 bits per heavy atom. The van der Waals surface area contributed by atoms with E-state index in [1.165, 1.54) is 0 Å². The van der Waals surface area contributed by atoms with Gasteiger partial charge in [-0.1, -0.05) is 0 Å². The van der Waals surface area contributed by atoms with Crippen LogP contribution in [0.5, 0.6) is 5.75 Å². The molecule has 1 saturated carbocycles. The molecule has 2 aromatic carbocycles. The van der Waals surface area contributed by atoms with Gasteiger partial charge >= 0.3 is 177 Å². The van der Waals surface area contributed by atoms with Crippen LogP contribution in [0.25, 0.3) is 11.1 Å². The van der Waals surface area contributed by atoms with Crippen LogP contribution < -0.4 is 10.1 Å². The molecule has 3 aromatic rings. The standard InChI is InChI=1S/C26H28BN4O3/c1-26(8-9-26)30-24(27)17-5-3-4-16(10-17)22-12-20(32)15-31(22)25(33)18-6-7-21(23(11-18)34-2)19-13-28-29-14-19/h3-7,10-11,13-14,20,22,30,32H,8-9,12,15H2,1-2H3,(H,28,29). The van der Waals surface area contributed by atoms with Crippen molar-refractivity contribution in [2.45, 2.75) is 43.9 Å². The number of nitrogens with zero attached hydrogens (tertiary/aromatic N) is 2. The van der Waals surface area contributed by atoms with E-state index in [4.69, 9.17) is 12.2 Å². The second-order valence-electron chi connectivity index (χ2n) is 9.49. The zero-order valence-electron chi connectivity index (χ0n) is 19.4. The van der Waals surface area contributed by atoms with Crippen LogP contribution in [0.3, 0.4) is 0 Å². The van der Waals surface area contributed by atoms with Gasteiger partial charge in [-0.05, 0) is 0 Å². The predicted octanol–water partition coefficient (Wildman–Crippen LogP) is 2.82. The van der Waals surface area contributed by atoms with Crippen LogP contribution in [-0.2, 0) is 0 Å². The summed E-state index contributed by atoms with van der Waals surface area (Å²) in [6.07, 6.45) is 5.58. The van der Waals surface area contributed by atoms with Crippen LogP contribution in [0.1, 0.15) is 53.7 Å². The number of carbonyl (C=O) groups excluding carboxylic acids is 1. The van der Waals surface area contributed by atoms with Crippen molar-refractivity contribution in [1.82, 2.24) is 20.4 Å². The molecule has 5 rings (SSSR count). The summed E-state index contributed by atoms with van der Waals surface area (Å²) in [5.74, 6) is 0.442. The van der Waals surface area contributed by atoms with E-state index < -0.39 is 6.10 Å². The summed E-state index contributed by atoms with van der Waals surface area (Å²) in [5, 5.41) is 20.7. The number of aromatic amines is 1. The summed E-state index contributed by atoms with van der Waals surface area (Å²) in [4.78, 5) is 15.3. The number of methoxy groups -OCH3 is 1. The van der Waals surface area contributed by atoms with Crippen LogP contribution in [-0.4, -0.2) is 64.5 Å². The molecule has 1 aliphatic carbocycles. The third kappa shape index (κ3) is 4.38. The van der Waals surface area contributed by atoms with Crippen LogP contribution in [0.15, 0.2) is 54.9 Å². The molecule has 8 heteroatoms. The monoisotopic (exact) mass is 455 g/mol. The van der Waals surface area contributed by atoms with E-state index in [2.05, 4.69) is 22.4 Å². The topological polar surface area (TPSA) is 90.5 Å². The number of nitrogens with one attached hydrogen (secondary N) is 2. The van der Waals surface area contributed by atoms with Gasteiger partial charge < -0.3 is 0 Å². The summed E-state index contributed by atoms with van der Waals surface area (Å²) >= 11 is 0. The molecule has 34 heavy (non-hydrogen) atoms. The summed E-state index contributed by atoms with van der Waals surface area (Å²) in [7, 11) is 7.92. The molecule has 0 spiro atoms. The molecule has 1 amide bonds. The Bertz CT molecular complexity index is 1220. The average molecular weight is 455 g/mol. The fourth-order valence-electron chi connectivity index (χ4n) is 4.60. The van der Waals surface area contributed by atoms with Crippen molar-refractivity contribution in [1.29, 1.82) is 0 Å². The number of hydrogen-bond acceptors (Lipinski definition) is 5. The number of rotatable bonds is 7. The SMILES string of the molecule is [B]=C(NC1(C)CC1)c1cccc(C2CC(O)CN2C(=O)c2ccc(-c3cn[nH]c3)c(OC)c2)c1. The van der Waals surface area contributed by atoms with Crippen molar-refractivity contribution in [2.75, 3.05) is 13.7 Å². The molecular formula is C26H28BN4O3. The molecule has 1 aromatic heterocycles. The first-order chi connectivity index (χ1) is 16.4. The number of carbonyl (C=O) groups is 1. The molecular weight excluding hydrogens is 427 g/mol. The van der Waals surface area contributed by atoms with Gasteiger partial charge in [-0.25, -0.2) is 0 Å². The van der Waals surface area contributed by atoms with Crippen molar-refractivity contribution < 1.29 is 14.6 Å². The quantitative estimate of drug-likeness (QED) is 0.477. The fourth-order valence-corrected chi connectivity index (χ4v) is 4.60. The van der Waals surface area contributed by atoms with Crippen LogP contribution in [0.4, 0.5) is 0 Å². The van der Waals surface area contributed by atoms with Gasteiger partial charge in [-0.3, -0.25) is 5.10 Å². The number of aliphatic hydroxyl groups excluding tert-OH is 1. The molecule has 1 aliphatic heterocycles. The molecule has 3 N–H and O–H groups in total. The summed E-state index contributed by atoms with van der Waals surface area (Å²) in [6, 6.07) is 13.1. The molecule has 7 nitrogen and oxygen atoms in total. The summed E-state index contributed by atoms with van der Waals surface area (Å²) in [5.41, 5.74) is 4.80. The first kappa shape index (κ1) is 22.4. The van der Waals surface area contributed by atoms with E-state index >= 15 is 0 Å². The van der Waals surface area contributed by atoms with E-state index in [0.717, 1.165) is 35.1 Å². The second kappa shape index (κ2) is 8.76. The molecule has 2 atom stereocenters. The second-order valence-corrected chi connectivity index (χ2v) is 9.49. The maximum atomic E-state index is 13.6. The number of aromatic nitrogens is 2. The van der Waals surface area contributed by atoms with Crippen LogP contribution in [0.2, 0.25) is 0 Å². The normalized spacial score (nSPS) is 20.7. The minimum absolute atomic E-state index is 0.0767. The van der Waals surface area contributed by atoms with Gasteiger partial charge in [-0.15, -0.1) is 0 Å². The van der Waals surface area contributed by atoms with E-state index in [9.17, 15) is 9.90 Å². The Kier molecular flexibility index (Phi) is 5.77. The number of H-pyrrole nitrogens is 1. The number of amides is 1. The average Bonchev–Trinajstić information content (AvgIpc) is 3.21. The van der Waals surface area contributed by atoms with E-state index in [0.29, 0.717) is 23.3 Å². The van der Waals surface area contributed by atoms with Crippen LogP contribution >= 0.6 is 0 Å². The van der Waals surface area contributed by atoms with Gasteiger partial charge in [0.25, 0.3) is 0 Å². The van der Waals surface area contributed by atoms with Gasteiger partial charge in [0.2, 0.25) is 0 Å². The third-order valence-electron chi connectivity index (χ3n) is 6.82. The Labute approximate surface area is 200 Å². The van der Waals surface area contributed by atoms with Gasteiger partial charge in [0.05, 0.1) is 6.20 Å². The predicted molar refractivity (Wildman–Crippen MR) is 132 cm³/mol. The third-order valence-corrected chi connectivity index (χ3v) is 6.82. The van der Waals surface area contributed by atoms with E-state index in [-0.39, 0.29) is 24.0 Å². The Hall–Kier alpha value is -3.39.